The van der Waals surface area contributed by atoms with Gasteiger partial charge in [0.25, 0.3) is 0 Å². The van der Waals surface area contributed by atoms with Crippen molar-refractivity contribution in [2.45, 2.75) is 95.0 Å². The maximum absolute atomic E-state index is 12.2. The summed E-state index contributed by atoms with van der Waals surface area (Å²) in [6.45, 7) is 1.41. The van der Waals surface area contributed by atoms with E-state index < -0.39 is 6.16 Å². The summed E-state index contributed by atoms with van der Waals surface area (Å²) in [6.07, 6.45) is 11.8. The molecular formula is C29H40N8O3. The van der Waals surface area contributed by atoms with Crippen LogP contribution in [0.2, 0.25) is 0 Å². The number of hydrogen-bond acceptors (Lipinski definition) is 10. The molecule has 3 fully saturated rings. The van der Waals surface area contributed by atoms with Crippen LogP contribution in [-0.4, -0.2) is 62.0 Å². The number of fused-ring (bicyclic) bond motifs is 1. The molecule has 11 heteroatoms. The molecule has 2 aliphatic carbocycles. The zero-order valence-electron chi connectivity index (χ0n) is 23.0. The fourth-order valence-corrected chi connectivity index (χ4v) is 6.11. The molecule has 6 rings (SSSR count). The zero-order valence-corrected chi connectivity index (χ0v) is 23.0. The highest BCUT2D eigenvalue weighted by molar-refractivity contribution is 5.84. The van der Waals surface area contributed by atoms with E-state index in [2.05, 4.69) is 15.2 Å². The van der Waals surface area contributed by atoms with Crippen LogP contribution >= 0.6 is 0 Å². The highest BCUT2D eigenvalue weighted by Gasteiger charge is 2.27. The molecule has 3 aliphatic rings. The molecule has 3 aromatic rings. The first-order valence-corrected chi connectivity index (χ1v) is 14.8. The lowest BCUT2D eigenvalue weighted by atomic mass is 9.92. The Bertz CT molecular complexity index is 1260. The molecule has 0 bridgehead atoms. The Kier molecular flexibility index (Phi) is 8.29. The number of imidazole rings is 1. The molecule has 1 aromatic carbocycles. The molecule has 1 aliphatic heterocycles. The van der Waals surface area contributed by atoms with Crippen molar-refractivity contribution in [1.82, 2.24) is 24.6 Å². The van der Waals surface area contributed by atoms with Crippen LogP contribution in [-0.2, 0) is 16.2 Å². The number of hydroxylamine groups is 2. The monoisotopic (exact) mass is 548 g/mol. The number of nitrogens with one attached hydrogen (secondary N) is 2. The third kappa shape index (κ3) is 6.47. The van der Waals surface area contributed by atoms with Gasteiger partial charge < -0.3 is 30.5 Å². The van der Waals surface area contributed by atoms with Crippen LogP contribution in [0.5, 0.6) is 0 Å². The molecular weight excluding hydrogens is 508 g/mol. The summed E-state index contributed by atoms with van der Waals surface area (Å²) in [5.41, 5.74) is 8.75. The van der Waals surface area contributed by atoms with Gasteiger partial charge in [-0.2, -0.15) is 9.97 Å². The van der Waals surface area contributed by atoms with Crippen molar-refractivity contribution in [2.24, 2.45) is 5.73 Å². The number of nitrogens with zero attached hydrogens (tertiary/aromatic N) is 5. The van der Waals surface area contributed by atoms with E-state index >= 15 is 0 Å². The van der Waals surface area contributed by atoms with Crippen molar-refractivity contribution < 1.29 is 14.4 Å². The van der Waals surface area contributed by atoms with Gasteiger partial charge in [-0.05, 0) is 56.9 Å². The van der Waals surface area contributed by atoms with Crippen LogP contribution in [0.3, 0.4) is 0 Å². The summed E-state index contributed by atoms with van der Waals surface area (Å²) in [4.78, 5) is 32.3. The van der Waals surface area contributed by atoms with Gasteiger partial charge >= 0.3 is 6.16 Å². The summed E-state index contributed by atoms with van der Waals surface area (Å²) >= 11 is 0. The molecule has 3 heterocycles. The number of aromatic nitrogens is 4. The van der Waals surface area contributed by atoms with E-state index in [1.165, 1.54) is 12.8 Å². The van der Waals surface area contributed by atoms with Crippen LogP contribution in [0.1, 0.15) is 75.8 Å². The molecule has 1 saturated heterocycles. The third-order valence-corrected chi connectivity index (χ3v) is 8.44. The highest BCUT2D eigenvalue weighted by atomic mass is 16.8. The van der Waals surface area contributed by atoms with Crippen LogP contribution < -0.4 is 16.4 Å². The third-order valence-electron chi connectivity index (χ3n) is 8.44. The second-order valence-electron chi connectivity index (χ2n) is 11.4. The lowest BCUT2D eigenvalue weighted by molar-refractivity contribution is -0.139. The van der Waals surface area contributed by atoms with E-state index in [0.717, 1.165) is 73.9 Å². The molecule has 40 heavy (non-hydrogen) atoms. The first-order chi connectivity index (χ1) is 19.6. The molecule has 4 N–H and O–H groups in total. The normalized spacial score (nSPS) is 22.8. The van der Waals surface area contributed by atoms with Gasteiger partial charge in [0.1, 0.15) is 6.61 Å². The fraction of sp³-hybridized carbons (Fsp3) is 0.586. The smallest absolute Gasteiger partial charge is 0.428 e. The van der Waals surface area contributed by atoms with Crippen molar-refractivity contribution in [3.63, 3.8) is 0 Å². The number of benzene rings is 1. The van der Waals surface area contributed by atoms with Crippen LogP contribution in [0.25, 0.3) is 11.2 Å². The second-order valence-corrected chi connectivity index (χ2v) is 11.4. The van der Waals surface area contributed by atoms with Crippen molar-refractivity contribution in [3.8, 4) is 0 Å². The van der Waals surface area contributed by atoms with Crippen LogP contribution in [0.15, 0.2) is 36.7 Å². The molecule has 0 atom stereocenters. The lowest BCUT2D eigenvalue weighted by Gasteiger charge is -2.31. The molecule has 0 amide bonds. The van der Waals surface area contributed by atoms with Crippen LogP contribution in [0.4, 0.5) is 16.6 Å². The Morgan fingerprint density at radius 2 is 1.65 bits per heavy atom. The van der Waals surface area contributed by atoms with Gasteiger partial charge in [-0.1, -0.05) is 43.2 Å². The minimum atomic E-state index is -0.676. The number of nitrogens with two attached hydrogens (primary N) is 1. The van der Waals surface area contributed by atoms with E-state index in [1.54, 1.807) is 5.06 Å². The van der Waals surface area contributed by atoms with Gasteiger partial charge in [0.05, 0.1) is 6.33 Å². The number of carbonyl (C=O) groups excluding carboxylic acids is 1. The number of anilines is 2. The first-order valence-electron chi connectivity index (χ1n) is 14.8. The van der Waals surface area contributed by atoms with E-state index in [4.69, 9.17) is 30.3 Å². The maximum atomic E-state index is 12.2. The van der Waals surface area contributed by atoms with Crippen molar-refractivity contribution in [2.75, 3.05) is 23.7 Å². The molecule has 11 nitrogen and oxygen atoms in total. The van der Waals surface area contributed by atoms with E-state index in [0.29, 0.717) is 37.2 Å². The highest BCUT2D eigenvalue weighted by Crippen LogP contribution is 2.34. The van der Waals surface area contributed by atoms with Crippen molar-refractivity contribution in [3.05, 3.63) is 42.2 Å². The molecule has 0 spiro atoms. The lowest BCUT2D eigenvalue weighted by Crippen LogP contribution is -2.40. The summed E-state index contributed by atoms with van der Waals surface area (Å²) in [5.74, 6) is 1.41. The number of ether oxygens (including phenoxy) is 1. The number of hydrogen-bond donors (Lipinski definition) is 3. The zero-order chi connectivity index (χ0) is 27.3. The van der Waals surface area contributed by atoms with E-state index in [1.807, 2.05) is 36.7 Å². The minimum absolute atomic E-state index is 0.176. The molecule has 214 valence electrons. The summed E-state index contributed by atoms with van der Waals surface area (Å²) in [5, 5.41) is 8.92. The molecule has 0 radical (unpaired) electrons. The number of rotatable bonds is 8. The fourth-order valence-electron chi connectivity index (χ4n) is 6.11. The molecule has 2 aromatic heterocycles. The van der Waals surface area contributed by atoms with Gasteiger partial charge in [-0.15, -0.1) is 5.06 Å². The average Bonchev–Trinajstić information content (AvgIpc) is 3.65. The largest absolute Gasteiger partial charge is 0.528 e. The molecule has 2 saturated carbocycles. The standard InChI is InChI=1S/C29H40N8O3/c30-21-10-12-22(13-11-21)33-28-34-26(25-27(35-28)37(19-31-25)24-8-4-5-9-24)32-23-14-16-36(17-15-23)40-29(38)39-18-20-6-2-1-3-7-20/h1-3,6-7,19,21-24H,4-5,8-18,30H2,(H2,32,33,34,35)/t21-,22-. The van der Waals surface area contributed by atoms with Gasteiger partial charge in [-0.25, -0.2) is 9.78 Å². The van der Waals surface area contributed by atoms with Crippen molar-refractivity contribution >= 4 is 29.1 Å². The second kappa shape index (κ2) is 12.4. The van der Waals surface area contributed by atoms with Crippen molar-refractivity contribution in [1.29, 1.82) is 0 Å². The summed E-state index contributed by atoms with van der Waals surface area (Å²) in [6, 6.07) is 10.8. The predicted molar refractivity (Wildman–Crippen MR) is 153 cm³/mol. The number of carbonyl (C=O) groups is 1. The Balaban J connectivity index is 1.10. The average molecular weight is 549 g/mol. The topological polar surface area (TPSA) is 132 Å². The quantitative estimate of drug-likeness (QED) is 0.338. The van der Waals surface area contributed by atoms with Gasteiger partial charge in [0, 0.05) is 37.3 Å². The maximum Gasteiger partial charge on any atom is 0.528 e. The van der Waals surface area contributed by atoms with Gasteiger partial charge in [0.15, 0.2) is 17.0 Å². The van der Waals surface area contributed by atoms with Gasteiger partial charge in [-0.3, -0.25) is 0 Å². The Labute approximate surface area is 234 Å². The molecule has 0 unspecified atom stereocenters. The SMILES string of the molecule is N[C@H]1CC[C@H](Nc2nc(NC3CCN(OC(=O)OCc4ccccc4)CC3)c3ncn(C4CCCC4)c3n2)CC1. The summed E-state index contributed by atoms with van der Waals surface area (Å²) < 4.78 is 7.51. The van der Waals surface area contributed by atoms with Crippen LogP contribution in [0, 0.1) is 0 Å². The van der Waals surface area contributed by atoms with E-state index in [-0.39, 0.29) is 12.6 Å². The summed E-state index contributed by atoms with van der Waals surface area (Å²) in [7, 11) is 0. The predicted octanol–water partition coefficient (Wildman–Crippen LogP) is 4.77. The Morgan fingerprint density at radius 1 is 0.925 bits per heavy atom. The van der Waals surface area contributed by atoms with Gasteiger partial charge in [0.2, 0.25) is 5.95 Å². The van der Waals surface area contributed by atoms with E-state index in [9.17, 15) is 4.79 Å². The Hall–Kier alpha value is -3.44. The number of piperidine rings is 1. The first kappa shape index (κ1) is 26.8. The Morgan fingerprint density at radius 3 is 2.40 bits per heavy atom. The minimum Gasteiger partial charge on any atom is -0.428 e.